The first-order valence-electron chi connectivity index (χ1n) is 6.93. The largest absolute Gasteiger partial charge is 0.378 e. The van der Waals surface area contributed by atoms with Crippen LogP contribution in [0.3, 0.4) is 0 Å². The highest BCUT2D eigenvalue weighted by Gasteiger charge is 2.03. The van der Waals surface area contributed by atoms with Crippen molar-refractivity contribution in [2.75, 3.05) is 24.3 Å². The molecule has 2 N–H and O–H groups in total. The molecule has 2 aromatic carbocycles. The number of hydrogen-bond donors (Lipinski definition) is 2. The van der Waals surface area contributed by atoms with Gasteiger partial charge in [-0.05, 0) is 42.3 Å². The summed E-state index contributed by atoms with van der Waals surface area (Å²) >= 11 is 0. The van der Waals surface area contributed by atoms with Gasteiger partial charge in [-0.25, -0.2) is 4.79 Å². The maximum absolute atomic E-state index is 11.9. The van der Waals surface area contributed by atoms with Gasteiger partial charge in [-0.15, -0.1) is 0 Å². The van der Waals surface area contributed by atoms with Crippen LogP contribution in [0.1, 0.15) is 11.1 Å². The minimum absolute atomic E-state index is 0.198. The Morgan fingerprint density at radius 3 is 2.33 bits per heavy atom. The molecule has 21 heavy (non-hydrogen) atoms. The van der Waals surface area contributed by atoms with Gasteiger partial charge in [0.2, 0.25) is 0 Å². The summed E-state index contributed by atoms with van der Waals surface area (Å²) in [5.74, 6) is 0. The van der Waals surface area contributed by atoms with Crippen LogP contribution in [-0.2, 0) is 6.54 Å². The van der Waals surface area contributed by atoms with Gasteiger partial charge in [0.15, 0.2) is 0 Å². The van der Waals surface area contributed by atoms with Gasteiger partial charge < -0.3 is 15.5 Å². The minimum Gasteiger partial charge on any atom is -0.378 e. The summed E-state index contributed by atoms with van der Waals surface area (Å²) in [6.07, 6.45) is 0. The van der Waals surface area contributed by atoms with Crippen LogP contribution < -0.4 is 15.5 Å². The Balaban J connectivity index is 1.88. The van der Waals surface area contributed by atoms with Crippen LogP contribution in [-0.4, -0.2) is 20.1 Å². The van der Waals surface area contributed by atoms with Crippen molar-refractivity contribution in [3.8, 4) is 0 Å². The van der Waals surface area contributed by atoms with Crippen molar-refractivity contribution in [1.29, 1.82) is 0 Å². The molecule has 110 valence electrons. The highest BCUT2D eigenvalue weighted by molar-refractivity contribution is 5.89. The van der Waals surface area contributed by atoms with Gasteiger partial charge in [-0.3, -0.25) is 0 Å². The van der Waals surface area contributed by atoms with Crippen LogP contribution in [0.2, 0.25) is 0 Å². The molecule has 2 amide bonds. The first-order chi connectivity index (χ1) is 10.1. The number of urea groups is 1. The topological polar surface area (TPSA) is 44.4 Å². The molecule has 4 heteroatoms. The third-order valence-electron chi connectivity index (χ3n) is 3.34. The van der Waals surface area contributed by atoms with E-state index in [1.165, 1.54) is 5.56 Å². The van der Waals surface area contributed by atoms with Gasteiger partial charge in [0, 0.05) is 32.0 Å². The van der Waals surface area contributed by atoms with Gasteiger partial charge in [0.05, 0.1) is 0 Å². The summed E-state index contributed by atoms with van der Waals surface area (Å²) in [5, 5.41) is 5.69. The van der Waals surface area contributed by atoms with Gasteiger partial charge in [0.25, 0.3) is 0 Å². The average Bonchev–Trinajstić information content (AvgIpc) is 2.47. The Hall–Kier alpha value is -2.49. The number of aryl methyl sites for hydroxylation is 1. The van der Waals surface area contributed by atoms with Crippen molar-refractivity contribution in [2.45, 2.75) is 13.5 Å². The lowest BCUT2D eigenvalue weighted by molar-refractivity contribution is 0.251. The maximum atomic E-state index is 11.9. The Labute approximate surface area is 125 Å². The molecule has 0 atom stereocenters. The van der Waals surface area contributed by atoms with E-state index in [0.717, 1.165) is 16.9 Å². The number of amides is 2. The fourth-order valence-corrected chi connectivity index (χ4v) is 2.00. The Bertz CT molecular complexity index is 606. The SMILES string of the molecule is Cc1ccccc1CNC(=O)Nc1ccc(N(C)C)cc1. The predicted octanol–water partition coefficient (Wildman–Crippen LogP) is 3.38. The number of rotatable bonds is 4. The number of benzene rings is 2. The minimum atomic E-state index is -0.198. The molecule has 0 unspecified atom stereocenters. The standard InChI is InChI=1S/C17H21N3O/c1-13-6-4-5-7-14(13)12-18-17(21)19-15-8-10-16(11-9-15)20(2)3/h4-11H,12H2,1-3H3,(H2,18,19,21). The lowest BCUT2D eigenvalue weighted by Gasteiger charge is -2.13. The molecule has 0 spiro atoms. The fourth-order valence-electron chi connectivity index (χ4n) is 2.00. The van der Waals surface area contributed by atoms with Crippen LogP contribution in [0.5, 0.6) is 0 Å². The highest BCUT2D eigenvalue weighted by Crippen LogP contribution is 2.15. The van der Waals surface area contributed by atoms with E-state index in [1.54, 1.807) is 0 Å². The fraction of sp³-hybridized carbons (Fsp3) is 0.235. The average molecular weight is 283 g/mol. The van der Waals surface area contributed by atoms with Crippen molar-refractivity contribution in [1.82, 2.24) is 5.32 Å². The van der Waals surface area contributed by atoms with Crippen LogP contribution >= 0.6 is 0 Å². The molecule has 2 rings (SSSR count). The molecule has 0 heterocycles. The normalized spacial score (nSPS) is 10.0. The van der Waals surface area contributed by atoms with Gasteiger partial charge in [-0.2, -0.15) is 0 Å². The molecule has 0 aliphatic rings. The highest BCUT2D eigenvalue weighted by atomic mass is 16.2. The first-order valence-corrected chi connectivity index (χ1v) is 6.93. The van der Waals surface area contributed by atoms with E-state index >= 15 is 0 Å². The van der Waals surface area contributed by atoms with E-state index in [0.29, 0.717) is 6.54 Å². The third kappa shape index (κ3) is 4.24. The summed E-state index contributed by atoms with van der Waals surface area (Å²) in [4.78, 5) is 13.9. The van der Waals surface area contributed by atoms with Crippen molar-refractivity contribution in [2.24, 2.45) is 0 Å². The van der Waals surface area contributed by atoms with Crippen molar-refractivity contribution in [3.05, 3.63) is 59.7 Å². The molecule has 0 saturated heterocycles. The zero-order chi connectivity index (χ0) is 15.2. The summed E-state index contributed by atoms with van der Waals surface area (Å²) in [6.45, 7) is 2.56. The molecule has 0 aliphatic heterocycles. The van der Waals surface area contributed by atoms with E-state index in [-0.39, 0.29) is 6.03 Å². The molecule has 0 radical (unpaired) electrons. The predicted molar refractivity (Wildman–Crippen MR) is 87.8 cm³/mol. The molecule has 0 aliphatic carbocycles. The van der Waals surface area contributed by atoms with Crippen LogP contribution in [0, 0.1) is 6.92 Å². The zero-order valence-corrected chi connectivity index (χ0v) is 12.7. The van der Waals surface area contributed by atoms with Gasteiger partial charge in [0.1, 0.15) is 0 Å². The monoisotopic (exact) mass is 283 g/mol. The number of carbonyl (C=O) groups is 1. The quantitative estimate of drug-likeness (QED) is 0.903. The number of nitrogens with zero attached hydrogens (tertiary/aromatic N) is 1. The molecule has 4 nitrogen and oxygen atoms in total. The summed E-state index contributed by atoms with van der Waals surface area (Å²) in [7, 11) is 3.97. The van der Waals surface area contributed by atoms with Crippen molar-refractivity contribution < 1.29 is 4.79 Å². The molecular formula is C17H21N3O. The smallest absolute Gasteiger partial charge is 0.319 e. The summed E-state index contributed by atoms with van der Waals surface area (Å²) in [5.41, 5.74) is 4.17. The zero-order valence-electron chi connectivity index (χ0n) is 12.7. The van der Waals surface area contributed by atoms with E-state index < -0.39 is 0 Å². The molecule has 0 saturated carbocycles. The molecule has 0 fully saturated rings. The van der Waals surface area contributed by atoms with E-state index in [1.807, 2.05) is 74.4 Å². The van der Waals surface area contributed by atoms with Crippen LogP contribution in [0.25, 0.3) is 0 Å². The second kappa shape index (κ2) is 6.79. The number of nitrogens with one attached hydrogen (secondary N) is 2. The van der Waals surface area contributed by atoms with Gasteiger partial charge in [-0.1, -0.05) is 24.3 Å². The third-order valence-corrected chi connectivity index (χ3v) is 3.34. The van der Waals surface area contributed by atoms with Crippen molar-refractivity contribution in [3.63, 3.8) is 0 Å². The van der Waals surface area contributed by atoms with Gasteiger partial charge >= 0.3 is 6.03 Å². The molecule has 0 bridgehead atoms. The number of carbonyl (C=O) groups excluding carboxylic acids is 1. The second-order valence-electron chi connectivity index (χ2n) is 5.18. The summed E-state index contributed by atoms with van der Waals surface area (Å²) < 4.78 is 0. The van der Waals surface area contributed by atoms with E-state index in [9.17, 15) is 4.79 Å². The first kappa shape index (κ1) is 14.9. The number of anilines is 2. The Kier molecular flexibility index (Phi) is 4.82. The number of hydrogen-bond acceptors (Lipinski definition) is 2. The van der Waals surface area contributed by atoms with Crippen molar-refractivity contribution >= 4 is 17.4 Å². The molecular weight excluding hydrogens is 262 g/mol. The Morgan fingerprint density at radius 1 is 1.05 bits per heavy atom. The molecule has 0 aromatic heterocycles. The molecule has 2 aromatic rings. The lowest BCUT2D eigenvalue weighted by Crippen LogP contribution is -2.28. The van der Waals surface area contributed by atoms with E-state index in [4.69, 9.17) is 0 Å². The van der Waals surface area contributed by atoms with E-state index in [2.05, 4.69) is 10.6 Å². The summed E-state index contributed by atoms with van der Waals surface area (Å²) in [6, 6.07) is 15.5. The van der Waals surface area contributed by atoms with Crippen LogP contribution in [0.15, 0.2) is 48.5 Å². The Morgan fingerprint density at radius 2 is 1.71 bits per heavy atom. The maximum Gasteiger partial charge on any atom is 0.319 e. The van der Waals surface area contributed by atoms with Crippen LogP contribution in [0.4, 0.5) is 16.2 Å². The second-order valence-corrected chi connectivity index (χ2v) is 5.18. The lowest BCUT2D eigenvalue weighted by atomic mass is 10.1.